The van der Waals surface area contributed by atoms with Crippen LogP contribution in [0.4, 0.5) is 5.82 Å². The van der Waals surface area contributed by atoms with Crippen LogP contribution >= 0.6 is 0 Å². The van der Waals surface area contributed by atoms with Crippen LogP contribution in [0.25, 0.3) is 11.0 Å². The number of para-hydroxylation sites is 2. The minimum absolute atomic E-state index is 0.715. The second-order valence-electron chi connectivity index (χ2n) is 5.31. The maximum atomic E-state index is 4.68. The van der Waals surface area contributed by atoms with E-state index in [4.69, 9.17) is 0 Å². The van der Waals surface area contributed by atoms with Gasteiger partial charge in [0.15, 0.2) is 0 Å². The van der Waals surface area contributed by atoms with E-state index < -0.39 is 0 Å². The molecule has 0 saturated carbocycles. The molecule has 1 unspecified atom stereocenters. The predicted molar refractivity (Wildman–Crippen MR) is 78.4 cm³/mol. The molecule has 1 saturated heterocycles. The number of rotatable bonds is 3. The average Bonchev–Trinajstić information content (AvgIpc) is 2.48. The first-order valence-electron chi connectivity index (χ1n) is 6.96. The maximum absolute atomic E-state index is 4.68. The summed E-state index contributed by atoms with van der Waals surface area (Å²) in [6.07, 6.45) is 4.46. The quantitative estimate of drug-likeness (QED) is 0.912. The molecule has 2 aromatic rings. The minimum Gasteiger partial charge on any atom is -0.358 e. The number of fused-ring (bicyclic) bond motifs is 1. The van der Waals surface area contributed by atoms with Gasteiger partial charge in [-0.15, -0.1) is 0 Å². The highest BCUT2D eigenvalue weighted by Crippen LogP contribution is 2.17. The van der Waals surface area contributed by atoms with Crippen molar-refractivity contribution >= 4 is 16.9 Å². The van der Waals surface area contributed by atoms with E-state index in [1.165, 1.54) is 12.8 Å². The highest BCUT2D eigenvalue weighted by molar-refractivity contribution is 5.75. The van der Waals surface area contributed by atoms with E-state index in [9.17, 15) is 0 Å². The third-order valence-corrected chi connectivity index (χ3v) is 3.76. The molecule has 3 rings (SSSR count). The van der Waals surface area contributed by atoms with Gasteiger partial charge in [-0.3, -0.25) is 4.98 Å². The van der Waals surface area contributed by atoms with Gasteiger partial charge in [0.05, 0.1) is 17.2 Å². The van der Waals surface area contributed by atoms with Crippen molar-refractivity contribution < 1.29 is 0 Å². The number of aromatic nitrogens is 2. The summed E-state index contributed by atoms with van der Waals surface area (Å²) >= 11 is 0. The zero-order valence-corrected chi connectivity index (χ0v) is 11.3. The largest absolute Gasteiger partial charge is 0.358 e. The maximum Gasteiger partial charge on any atom is 0.147 e. The van der Waals surface area contributed by atoms with Crippen molar-refractivity contribution in [2.24, 2.45) is 5.92 Å². The fraction of sp³-hybridized carbons (Fsp3) is 0.467. The Morgan fingerprint density at radius 2 is 2.16 bits per heavy atom. The van der Waals surface area contributed by atoms with Crippen LogP contribution in [0.5, 0.6) is 0 Å². The van der Waals surface area contributed by atoms with Crippen molar-refractivity contribution in [2.75, 3.05) is 31.6 Å². The van der Waals surface area contributed by atoms with E-state index in [1.807, 2.05) is 30.5 Å². The molecule has 1 aromatic carbocycles. The van der Waals surface area contributed by atoms with Crippen LogP contribution in [-0.2, 0) is 0 Å². The van der Waals surface area contributed by atoms with Gasteiger partial charge >= 0.3 is 0 Å². The fourth-order valence-corrected chi connectivity index (χ4v) is 2.69. The van der Waals surface area contributed by atoms with Crippen LogP contribution in [-0.4, -0.2) is 36.6 Å². The van der Waals surface area contributed by atoms with Gasteiger partial charge in [0.1, 0.15) is 5.82 Å². The highest BCUT2D eigenvalue weighted by Gasteiger charge is 2.16. The van der Waals surface area contributed by atoms with Crippen LogP contribution < -0.4 is 10.2 Å². The summed E-state index contributed by atoms with van der Waals surface area (Å²) in [5.41, 5.74) is 1.92. The number of hydrogen-bond donors (Lipinski definition) is 1. The monoisotopic (exact) mass is 256 g/mol. The summed E-state index contributed by atoms with van der Waals surface area (Å²) in [7, 11) is 2.10. The van der Waals surface area contributed by atoms with E-state index in [1.54, 1.807) is 0 Å². The van der Waals surface area contributed by atoms with Gasteiger partial charge in [0.2, 0.25) is 0 Å². The third-order valence-electron chi connectivity index (χ3n) is 3.76. The zero-order valence-electron chi connectivity index (χ0n) is 11.3. The lowest BCUT2D eigenvalue weighted by Gasteiger charge is -2.28. The van der Waals surface area contributed by atoms with Crippen molar-refractivity contribution in [3.8, 4) is 0 Å². The van der Waals surface area contributed by atoms with Crippen LogP contribution in [0.3, 0.4) is 0 Å². The Balaban J connectivity index is 1.75. The molecule has 1 aliphatic rings. The number of benzene rings is 1. The molecule has 1 N–H and O–H groups in total. The van der Waals surface area contributed by atoms with E-state index in [2.05, 4.69) is 27.2 Å². The molecule has 0 amide bonds. The van der Waals surface area contributed by atoms with Gasteiger partial charge in [0, 0.05) is 13.6 Å². The molecular formula is C15H20N4. The predicted octanol–water partition coefficient (Wildman–Crippen LogP) is 2.07. The molecule has 0 bridgehead atoms. The molecular weight excluding hydrogens is 236 g/mol. The molecule has 1 fully saturated rings. The molecule has 0 spiro atoms. The molecule has 4 heteroatoms. The lowest BCUT2D eigenvalue weighted by Crippen LogP contribution is -2.37. The molecule has 1 aliphatic heterocycles. The number of anilines is 1. The molecule has 4 nitrogen and oxygen atoms in total. The Bertz CT molecular complexity index is 549. The molecule has 0 radical (unpaired) electrons. The van der Waals surface area contributed by atoms with Gasteiger partial charge in [-0.05, 0) is 44.0 Å². The lowest BCUT2D eigenvalue weighted by molar-refractivity contribution is 0.380. The van der Waals surface area contributed by atoms with Gasteiger partial charge in [0.25, 0.3) is 0 Å². The number of hydrogen-bond acceptors (Lipinski definition) is 4. The van der Waals surface area contributed by atoms with Crippen molar-refractivity contribution in [1.29, 1.82) is 0 Å². The third kappa shape index (κ3) is 2.84. The SMILES string of the molecule is CN(CC1CCCNC1)c1cnc2ccccc2n1. The van der Waals surface area contributed by atoms with E-state index >= 15 is 0 Å². The second-order valence-corrected chi connectivity index (χ2v) is 5.31. The van der Waals surface area contributed by atoms with Crippen LogP contribution in [0.15, 0.2) is 30.5 Å². The standard InChI is InChI=1S/C15H20N4/c1-19(11-12-5-4-8-16-9-12)15-10-17-13-6-2-3-7-14(13)18-15/h2-3,6-7,10,12,16H,4-5,8-9,11H2,1H3. The molecule has 19 heavy (non-hydrogen) atoms. The Kier molecular flexibility index (Phi) is 3.60. The highest BCUT2D eigenvalue weighted by atomic mass is 15.2. The number of nitrogens with one attached hydrogen (secondary N) is 1. The van der Waals surface area contributed by atoms with Crippen molar-refractivity contribution in [3.63, 3.8) is 0 Å². The average molecular weight is 256 g/mol. The minimum atomic E-state index is 0.715. The Labute approximate surface area is 113 Å². The van der Waals surface area contributed by atoms with Crippen molar-refractivity contribution in [3.05, 3.63) is 30.5 Å². The summed E-state index contributed by atoms with van der Waals surface area (Å²) < 4.78 is 0. The first-order valence-corrected chi connectivity index (χ1v) is 6.96. The van der Waals surface area contributed by atoms with E-state index in [0.29, 0.717) is 5.92 Å². The van der Waals surface area contributed by atoms with Gasteiger partial charge in [-0.1, -0.05) is 12.1 Å². The van der Waals surface area contributed by atoms with E-state index in [0.717, 1.165) is 36.5 Å². The van der Waals surface area contributed by atoms with Crippen LogP contribution in [0.1, 0.15) is 12.8 Å². The van der Waals surface area contributed by atoms with Crippen molar-refractivity contribution in [2.45, 2.75) is 12.8 Å². The first-order chi connectivity index (χ1) is 9.33. The molecule has 1 atom stereocenters. The molecule has 1 aromatic heterocycles. The topological polar surface area (TPSA) is 41.0 Å². The lowest BCUT2D eigenvalue weighted by atomic mass is 9.99. The summed E-state index contributed by atoms with van der Waals surface area (Å²) in [4.78, 5) is 11.4. The summed E-state index contributed by atoms with van der Waals surface area (Å²) in [5, 5.41) is 3.46. The van der Waals surface area contributed by atoms with E-state index in [-0.39, 0.29) is 0 Å². The Morgan fingerprint density at radius 1 is 1.32 bits per heavy atom. The summed E-state index contributed by atoms with van der Waals surface area (Å²) in [6, 6.07) is 8.01. The Morgan fingerprint density at radius 3 is 2.95 bits per heavy atom. The van der Waals surface area contributed by atoms with Crippen molar-refractivity contribution in [1.82, 2.24) is 15.3 Å². The smallest absolute Gasteiger partial charge is 0.147 e. The molecule has 100 valence electrons. The Hall–Kier alpha value is -1.68. The summed E-state index contributed by atoms with van der Waals surface area (Å²) in [5.74, 6) is 1.68. The van der Waals surface area contributed by atoms with Crippen LogP contribution in [0.2, 0.25) is 0 Å². The number of piperidine rings is 1. The van der Waals surface area contributed by atoms with Gasteiger partial charge in [-0.2, -0.15) is 0 Å². The number of nitrogens with zero attached hydrogens (tertiary/aromatic N) is 3. The molecule has 0 aliphatic carbocycles. The summed E-state index contributed by atoms with van der Waals surface area (Å²) in [6.45, 7) is 3.32. The van der Waals surface area contributed by atoms with Gasteiger partial charge < -0.3 is 10.2 Å². The normalized spacial score (nSPS) is 19.5. The fourth-order valence-electron chi connectivity index (χ4n) is 2.69. The second kappa shape index (κ2) is 5.53. The first kappa shape index (κ1) is 12.4. The zero-order chi connectivity index (χ0) is 13.1. The van der Waals surface area contributed by atoms with Gasteiger partial charge in [-0.25, -0.2) is 4.98 Å². The van der Waals surface area contributed by atoms with Crippen LogP contribution in [0, 0.1) is 5.92 Å². The molecule has 2 heterocycles.